The van der Waals surface area contributed by atoms with Gasteiger partial charge in [-0.05, 0) is 62.6 Å². The van der Waals surface area contributed by atoms with Crippen LogP contribution in [0.5, 0.6) is 5.75 Å². The molecule has 0 saturated carbocycles. The van der Waals surface area contributed by atoms with Crippen LogP contribution < -0.4 is 20.9 Å². The second kappa shape index (κ2) is 8.87. The first kappa shape index (κ1) is 21.8. The summed E-state index contributed by atoms with van der Waals surface area (Å²) in [4.78, 5) is 40.9. The Morgan fingerprint density at radius 3 is 2.39 bits per heavy atom. The van der Waals surface area contributed by atoms with E-state index in [1.165, 1.54) is 6.08 Å². The fraction of sp³-hybridized carbons (Fsp3) is 0.208. The monoisotopic (exact) mass is 419 g/mol. The van der Waals surface area contributed by atoms with E-state index in [1.54, 1.807) is 61.7 Å². The maximum atomic E-state index is 12.9. The van der Waals surface area contributed by atoms with Gasteiger partial charge in [-0.15, -0.1) is 0 Å². The number of pyridine rings is 1. The van der Waals surface area contributed by atoms with Crippen molar-refractivity contribution in [2.24, 2.45) is 0 Å². The third-order valence-corrected chi connectivity index (χ3v) is 4.40. The zero-order valence-corrected chi connectivity index (χ0v) is 17.9. The molecule has 0 aliphatic heterocycles. The van der Waals surface area contributed by atoms with E-state index in [4.69, 9.17) is 4.74 Å². The Labute approximate surface area is 180 Å². The number of fused-ring (bicyclic) bond motifs is 1. The van der Waals surface area contributed by atoms with E-state index in [0.29, 0.717) is 16.8 Å². The number of H-pyrrole nitrogens is 1. The van der Waals surface area contributed by atoms with Crippen LogP contribution in [-0.4, -0.2) is 29.4 Å². The van der Waals surface area contributed by atoms with Crippen LogP contribution >= 0.6 is 0 Å². The van der Waals surface area contributed by atoms with Gasteiger partial charge in [-0.1, -0.05) is 18.2 Å². The number of benzene rings is 2. The lowest BCUT2D eigenvalue weighted by Gasteiger charge is -2.22. The Balaban J connectivity index is 2.03. The van der Waals surface area contributed by atoms with Gasteiger partial charge in [0.1, 0.15) is 11.4 Å². The van der Waals surface area contributed by atoms with Crippen LogP contribution in [0.4, 0.5) is 0 Å². The molecule has 2 amide bonds. The topological polar surface area (TPSA) is 100 Å². The van der Waals surface area contributed by atoms with Gasteiger partial charge in [-0.3, -0.25) is 14.4 Å². The van der Waals surface area contributed by atoms with Crippen LogP contribution in [0.2, 0.25) is 0 Å². The molecule has 3 aromatic rings. The summed E-state index contributed by atoms with van der Waals surface area (Å²) in [5.74, 6) is -0.323. The van der Waals surface area contributed by atoms with Crippen molar-refractivity contribution < 1.29 is 14.3 Å². The number of aromatic nitrogens is 1. The van der Waals surface area contributed by atoms with E-state index in [2.05, 4.69) is 15.6 Å². The SMILES string of the molecule is COc1ccc2cc(C=C(NC(=O)c3ccccc3)C(=O)NC(C)(C)C)c(=O)[nH]c2c1. The average Bonchev–Trinajstić information content (AvgIpc) is 2.72. The summed E-state index contributed by atoms with van der Waals surface area (Å²) in [6.45, 7) is 5.49. The number of methoxy groups -OCH3 is 1. The number of rotatable bonds is 5. The average molecular weight is 419 g/mol. The van der Waals surface area contributed by atoms with Crippen molar-refractivity contribution >= 4 is 28.8 Å². The molecule has 0 saturated heterocycles. The Kier molecular flexibility index (Phi) is 6.25. The molecule has 3 rings (SSSR count). The van der Waals surface area contributed by atoms with Crippen molar-refractivity contribution in [3.05, 3.63) is 81.8 Å². The van der Waals surface area contributed by atoms with Crippen molar-refractivity contribution in [1.82, 2.24) is 15.6 Å². The molecule has 2 aromatic carbocycles. The largest absolute Gasteiger partial charge is 0.497 e. The minimum Gasteiger partial charge on any atom is -0.497 e. The van der Waals surface area contributed by atoms with Crippen molar-refractivity contribution in [2.75, 3.05) is 7.11 Å². The van der Waals surface area contributed by atoms with Crippen molar-refractivity contribution in [2.45, 2.75) is 26.3 Å². The number of aromatic amines is 1. The molecule has 1 aromatic heterocycles. The molecule has 0 unspecified atom stereocenters. The van der Waals surface area contributed by atoms with E-state index >= 15 is 0 Å². The van der Waals surface area contributed by atoms with E-state index < -0.39 is 22.9 Å². The third kappa shape index (κ3) is 5.60. The summed E-state index contributed by atoms with van der Waals surface area (Å²) in [7, 11) is 1.55. The van der Waals surface area contributed by atoms with Gasteiger partial charge in [0.15, 0.2) is 0 Å². The summed E-state index contributed by atoms with van der Waals surface area (Å²) < 4.78 is 5.19. The summed E-state index contributed by atoms with van der Waals surface area (Å²) in [6.07, 6.45) is 1.38. The first-order valence-electron chi connectivity index (χ1n) is 9.78. The lowest BCUT2D eigenvalue weighted by atomic mass is 10.1. The molecule has 0 bridgehead atoms. The number of carbonyl (C=O) groups excluding carboxylic acids is 2. The number of ether oxygens (including phenoxy) is 1. The van der Waals surface area contributed by atoms with E-state index in [0.717, 1.165) is 5.39 Å². The fourth-order valence-electron chi connectivity index (χ4n) is 2.94. The first-order chi connectivity index (χ1) is 14.7. The van der Waals surface area contributed by atoms with Crippen LogP contribution in [0.25, 0.3) is 17.0 Å². The normalized spacial score (nSPS) is 11.8. The van der Waals surface area contributed by atoms with E-state index in [-0.39, 0.29) is 11.3 Å². The van der Waals surface area contributed by atoms with E-state index in [1.807, 2.05) is 20.8 Å². The quantitative estimate of drug-likeness (QED) is 0.553. The highest BCUT2D eigenvalue weighted by atomic mass is 16.5. The number of hydrogen-bond donors (Lipinski definition) is 3. The Morgan fingerprint density at radius 1 is 1.03 bits per heavy atom. The van der Waals surface area contributed by atoms with Crippen LogP contribution in [-0.2, 0) is 4.79 Å². The van der Waals surface area contributed by atoms with Gasteiger partial charge < -0.3 is 20.4 Å². The minimum atomic E-state index is -0.528. The van der Waals surface area contributed by atoms with Crippen molar-refractivity contribution in [3.8, 4) is 5.75 Å². The van der Waals surface area contributed by atoms with Crippen LogP contribution in [0.3, 0.4) is 0 Å². The van der Waals surface area contributed by atoms with Crippen molar-refractivity contribution in [1.29, 1.82) is 0 Å². The second-order valence-corrected chi connectivity index (χ2v) is 8.09. The van der Waals surface area contributed by atoms with Crippen LogP contribution in [0.1, 0.15) is 36.7 Å². The maximum Gasteiger partial charge on any atom is 0.268 e. The highest BCUT2D eigenvalue weighted by molar-refractivity contribution is 6.05. The highest BCUT2D eigenvalue weighted by Gasteiger charge is 2.20. The highest BCUT2D eigenvalue weighted by Crippen LogP contribution is 2.19. The Hall–Kier alpha value is -3.87. The smallest absolute Gasteiger partial charge is 0.268 e. The summed E-state index contributed by atoms with van der Waals surface area (Å²) in [5, 5.41) is 6.21. The lowest BCUT2D eigenvalue weighted by Crippen LogP contribution is -2.44. The zero-order chi connectivity index (χ0) is 22.6. The predicted molar refractivity (Wildman–Crippen MR) is 121 cm³/mol. The maximum absolute atomic E-state index is 12.9. The number of nitrogens with one attached hydrogen (secondary N) is 3. The Bertz CT molecular complexity index is 1200. The molecule has 0 aliphatic rings. The molecular weight excluding hydrogens is 394 g/mol. The molecule has 0 aliphatic carbocycles. The van der Waals surface area contributed by atoms with Gasteiger partial charge in [0, 0.05) is 22.7 Å². The summed E-state index contributed by atoms with van der Waals surface area (Å²) in [6, 6.07) is 15.5. The van der Waals surface area contributed by atoms with Crippen LogP contribution in [0, 0.1) is 0 Å². The lowest BCUT2D eigenvalue weighted by molar-refractivity contribution is -0.119. The Morgan fingerprint density at radius 2 is 1.74 bits per heavy atom. The molecule has 0 radical (unpaired) electrons. The number of carbonyl (C=O) groups is 2. The molecular formula is C24H25N3O4. The van der Waals surface area contributed by atoms with Crippen molar-refractivity contribution in [3.63, 3.8) is 0 Å². The predicted octanol–water partition coefficient (Wildman–Crippen LogP) is 3.22. The molecule has 31 heavy (non-hydrogen) atoms. The molecule has 7 nitrogen and oxygen atoms in total. The zero-order valence-electron chi connectivity index (χ0n) is 17.9. The standard InChI is InChI=1S/C24H25N3O4/c1-24(2,3)27-23(30)20(26-21(28)15-8-6-5-7-9-15)13-17-12-16-10-11-18(31-4)14-19(16)25-22(17)29/h5-14H,1-4H3,(H,25,29)(H,26,28)(H,27,30). The van der Waals surface area contributed by atoms with Gasteiger partial charge in [0.2, 0.25) is 0 Å². The van der Waals surface area contributed by atoms with Gasteiger partial charge >= 0.3 is 0 Å². The third-order valence-electron chi connectivity index (χ3n) is 4.40. The second-order valence-electron chi connectivity index (χ2n) is 8.09. The van der Waals surface area contributed by atoms with Gasteiger partial charge in [-0.25, -0.2) is 0 Å². The van der Waals surface area contributed by atoms with Gasteiger partial charge in [0.05, 0.1) is 12.6 Å². The molecule has 0 spiro atoms. The fourth-order valence-corrected chi connectivity index (χ4v) is 2.94. The number of hydrogen-bond acceptors (Lipinski definition) is 4. The minimum absolute atomic E-state index is 0.0258. The first-order valence-corrected chi connectivity index (χ1v) is 9.78. The molecule has 3 N–H and O–H groups in total. The van der Waals surface area contributed by atoms with E-state index in [9.17, 15) is 14.4 Å². The summed E-state index contributed by atoms with van der Waals surface area (Å²) in [5.41, 5.74) is 0.301. The molecule has 0 fully saturated rings. The van der Waals surface area contributed by atoms with Crippen LogP contribution in [0.15, 0.2) is 65.1 Å². The molecule has 160 valence electrons. The number of amides is 2. The van der Waals surface area contributed by atoms with Gasteiger partial charge in [-0.2, -0.15) is 0 Å². The summed E-state index contributed by atoms with van der Waals surface area (Å²) >= 11 is 0. The molecule has 7 heteroatoms. The van der Waals surface area contributed by atoms with Gasteiger partial charge in [0.25, 0.3) is 17.4 Å². The molecule has 1 heterocycles. The molecule has 0 atom stereocenters.